The molecule has 0 spiro atoms. The van der Waals surface area contributed by atoms with E-state index in [0.717, 1.165) is 12.1 Å². The average Bonchev–Trinajstić information content (AvgIpc) is 2.95. The average molecular weight is 625 g/mol. The number of nitrogens with one attached hydrogen (secondary N) is 3. The number of anilines is 2. The molecule has 3 aromatic rings. The molecule has 0 saturated heterocycles. The summed E-state index contributed by atoms with van der Waals surface area (Å²) in [4.78, 5) is 42.1. The summed E-state index contributed by atoms with van der Waals surface area (Å²) in [6.45, 7) is 12.8. The maximum atomic E-state index is 15.3. The topological polar surface area (TPSA) is 144 Å². The molecule has 0 aliphatic carbocycles. The number of benzene rings is 2. The quantitative estimate of drug-likeness (QED) is 0.235. The van der Waals surface area contributed by atoms with Crippen molar-refractivity contribution in [2.75, 3.05) is 16.6 Å². The lowest BCUT2D eigenvalue weighted by atomic mass is 9.95. The van der Waals surface area contributed by atoms with Gasteiger partial charge in [0, 0.05) is 29.9 Å². The van der Waals surface area contributed by atoms with Crippen LogP contribution in [0.1, 0.15) is 56.1 Å². The number of carbonyl (C=O) groups is 3. The molecule has 0 radical (unpaired) electrons. The van der Waals surface area contributed by atoms with Gasteiger partial charge in [0.25, 0.3) is 15.9 Å². The van der Waals surface area contributed by atoms with Crippen molar-refractivity contribution >= 4 is 45.3 Å². The van der Waals surface area contributed by atoms with Crippen LogP contribution < -0.4 is 15.4 Å². The molecule has 44 heavy (non-hydrogen) atoms. The van der Waals surface area contributed by atoms with E-state index in [1.807, 2.05) is 13.8 Å². The molecule has 234 valence electrons. The highest BCUT2D eigenvalue weighted by Gasteiger charge is 2.27. The number of carbonyl (C=O) groups excluding carboxylic acids is 3. The summed E-state index contributed by atoms with van der Waals surface area (Å²) in [5.41, 5.74) is -0.0249. The molecule has 2 aromatic carbocycles. The summed E-state index contributed by atoms with van der Waals surface area (Å²) in [7, 11) is -4.19. The van der Waals surface area contributed by atoms with Crippen molar-refractivity contribution in [3.8, 4) is 0 Å². The SMILES string of the molecule is C=Cc1cc(C(=O)N[C@@H](Cc2cccnc2)C(=O)OCC(C)C)c(F)cc1NS(=O)(=O)c1ccc(NC(=O)C(C)(C)C)cc1. The molecule has 3 rings (SSSR count). The second-order valence-electron chi connectivity index (χ2n) is 11.6. The monoisotopic (exact) mass is 624 g/mol. The minimum Gasteiger partial charge on any atom is -0.464 e. The van der Waals surface area contributed by atoms with Gasteiger partial charge in [0.05, 0.1) is 22.8 Å². The van der Waals surface area contributed by atoms with E-state index in [0.29, 0.717) is 11.3 Å². The van der Waals surface area contributed by atoms with Gasteiger partial charge >= 0.3 is 5.97 Å². The van der Waals surface area contributed by atoms with E-state index in [1.165, 1.54) is 30.3 Å². The van der Waals surface area contributed by atoms with Crippen LogP contribution in [0, 0.1) is 17.2 Å². The van der Waals surface area contributed by atoms with E-state index in [1.54, 1.807) is 45.3 Å². The molecule has 1 heterocycles. The third-order valence-corrected chi connectivity index (χ3v) is 7.64. The predicted molar refractivity (Wildman–Crippen MR) is 167 cm³/mol. The van der Waals surface area contributed by atoms with Crippen molar-refractivity contribution < 1.29 is 31.9 Å². The van der Waals surface area contributed by atoms with Crippen LogP contribution in [0.3, 0.4) is 0 Å². The third kappa shape index (κ3) is 9.21. The molecule has 0 fully saturated rings. The van der Waals surface area contributed by atoms with Crippen LogP contribution in [0.25, 0.3) is 6.08 Å². The zero-order chi connectivity index (χ0) is 32.7. The van der Waals surface area contributed by atoms with Crippen molar-refractivity contribution in [3.63, 3.8) is 0 Å². The predicted octanol–water partition coefficient (Wildman–Crippen LogP) is 5.19. The molecule has 2 amide bonds. The van der Waals surface area contributed by atoms with E-state index in [-0.39, 0.29) is 41.0 Å². The third-order valence-electron chi connectivity index (χ3n) is 6.26. The standard InChI is InChI=1S/C32H37FN4O6S/c1-7-22-16-25(29(38)36-28(30(39)43-19-20(2)3)15-21-9-8-14-34-18-21)26(33)17-27(22)37-44(41,42)24-12-10-23(11-13-24)35-31(40)32(4,5)6/h7-14,16-18,20,28,37H,1,15,19H2,2-6H3,(H,35,40)(H,36,38)/t28-/m0/s1. The number of nitrogens with zero attached hydrogens (tertiary/aromatic N) is 1. The Labute approximate surface area is 257 Å². The summed E-state index contributed by atoms with van der Waals surface area (Å²) >= 11 is 0. The van der Waals surface area contributed by atoms with Gasteiger partial charge in [-0.3, -0.25) is 19.3 Å². The van der Waals surface area contributed by atoms with E-state index in [9.17, 15) is 22.8 Å². The van der Waals surface area contributed by atoms with Gasteiger partial charge in [-0.2, -0.15) is 0 Å². The lowest BCUT2D eigenvalue weighted by Crippen LogP contribution is -2.44. The molecule has 12 heteroatoms. The smallest absolute Gasteiger partial charge is 0.329 e. The Morgan fingerprint density at radius 2 is 1.77 bits per heavy atom. The van der Waals surface area contributed by atoms with Crippen LogP contribution in [-0.4, -0.2) is 43.8 Å². The molecule has 1 atom stereocenters. The lowest BCUT2D eigenvalue weighted by molar-refractivity contribution is -0.147. The second kappa shape index (κ2) is 14.3. The minimum atomic E-state index is -4.19. The maximum Gasteiger partial charge on any atom is 0.329 e. The zero-order valence-electron chi connectivity index (χ0n) is 25.3. The fourth-order valence-electron chi connectivity index (χ4n) is 3.79. The van der Waals surface area contributed by atoms with Crippen LogP contribution in [0.5, 0.6) is 0 Å². The van der Waals surface area contributed by atoms with Crippen molar-refractivity contribution in [1.29, 1.82) is 0 Å². The highest BCUT2D eigenvalue weighted by atomic mass is 32.2. The number of aromatic nitrogens is 1. The molecule has 3 N–H and O–H groups in total. The van der Waals surface area contributed by atoms with E-state index < -0.39 is 44.7 Å². The largest absolute Gasteiger partial charge is 0.464 e. The van der Waals surface area contributed by atoms with Crippen LogP contribution in [0.2, 0.25) is 0 Å². The Kier molecular flexibility index (Phi) is 11.0. The number of hydrogen-bond acceptors (Lipinski definition) is 7. The van der Waals surface area contributed by atoms with Gasteiger partial charge in [-0.1, -0.05) is 53.3 Å². The normalized spacial score (nSPS) is 12.2. The summed E-state index contributed by atoms with van der Waals surface area (Å²) in [5, 5.41) is 5.25. The molecule has 0 aliphatic rings. The van der Waals surface area contributed by atoms with Gasteiger partial charge in [0.1, 0.15) is 11.9 Å². The first-order chi connectivity index (χ1) is 20.6. The van der Waals surface area contributed by atoms with Crippen molar-refractivity contribution in [1.82, 2.24) is 10.3 Å². The van der Waals surface area contributed by atoms with Gasteiger partial charge < -0.3 is 15.4 Å². The zero-order valence-corrected chi connectivity index (χ0v) is 26.1. The molecule has 10 nitrogen and oxygen atoms in total. The minimum absolute atomic E-state index is 0.0585. The van der Waals surface area contributed by atoms with E-state index in [4.69, 9.17) is 4.74 Å². The Morgan fingerprint density at radius 1 is 1.09 bits per heavy atom. The first kappa shape index (κ1) is 33.9. The van der Waals surface area contributed by atoms with Gasteiger partial charge in [-0.15, -0.1) is 0 Å². The number of sulfonamides is 1. The second-order valence-corrected chi connectivity index (χ2v) is 13.3. The Hall–Kier alpha value is -4.58. The first-order valence-electron chi connectivity index (χ1n) is 13.9. The summed E-state index contributed by atoms with van der Waals surface area (Å²) in [6, 6.07) is 9.77. The van der Waals surface area contributed by atoms with E-state index in [2.05, 4.69) is 26.9 Å². The van der Waals surface area contributed by atoms with Gasteiger partial charge in [-0.25, -0.2) is 17.6 Å². The van der Waals surface area contributed by atoms with Crippen LogP contribution in [0.15, 0.2) is 72.4 Å². The van der Waals surface area contributed by atoms with Gasteiger partial charge in [0.15, 0.2) is 0 Å². The van der Waals surface area contributed by atoms with Crippen molar-refractivity contribution in [3.05, 3.63) is 90.0 Å². The molecule has 0 unspecified atom stereocenters. The molecule has 1 aromatic heterocycles. The number of esters is 1. The number of amides is 2. The van der Waals surface area contributed by atoms with Crippen LogP contribution >= 0.6 is 0 Å². The Bertz CT molecular complexity index is 1620. The number of ether oxygens (including phenoxy) is 1. The maximum absolute atomic E-state index is 15.3. The van der Waals surface area contributed by atoms with Gasteiger partial charge in [-0.05, 0) is 59.5 Å². The summed E-state index contributed by atoms with van der Waals surface area (Å²) in [5.74, 6) is -2.79. The number of pyridine rings is 1. The molecule has 0 bridgehead atoms. The number of halogens is 1. The summed E-state index contributed by atoms with van der Waals surface area (Å²) in [6.07, 6.45) is 4.44. The van der Waals surface area contributed by atoms with E-state index >= 15 is 4.39 Å². The fourth-order valence-corrected chi connectivity index (χ4v) is 4.87. The van der Waals surface area contributed by atoms with Crippen LogP contribution in [0.4, 0.5) is 15.8 Å². The number of hydrogen-bond donors (Lipinski definition) is 3. The number of rotatable bonds is 12. The van der Waals surface area contributed by atoms with Gasteiger partial charge in [0.2, 0.25) is 5.91 Å². The highest BCUT2D eigenvalue weighted by molar-refractivity contribution is 7.92. The summed E-state index contributed by atoms with van der Waals surface area (Å²) < 4.78 is 49.2. The van der Waals surface area contributed by atoms with Crippen molar-refractivity contribution in [2.24, 2.45) is 11.3 Å². The Morgan fingerprint density at radius 3 is 2.34 bits per heavy atom. The van der Waals surface area contributed by atoms with Crippen molar-refractivity contribution in [2.45, 2.75) is 52.0 Å². The molecule has 0 aliphatic heterocycles. The molecular formula is C32H37FN4O6S. The molecule has 0 saturated carbocycles. The fraction of sp³-hybridized carbons (Fsp3) is 0.312. The highest BCUT2D eigenvalue weighted by Crippen LogP contribution is 2.26. The first-order valence-corrected chi connectivity index (χ1v) is 15.4. The lowest BCUT2D eigenvalue weighted by Gasteiger charge is -2.19. The Balaban J connectivity index is 1.82. The van der Waals surface area contributed by atoms with Crippen LogP contribution in [-0.2, 0) is 30.8 Å². The molecular weight excluding hydrogens is 587 g/mol.